The maximum absolute atomic E-state index is 10.7. The van der Waals surface area contributed by atoms with E-state index in [4.69, 9.17) is 23.2 Å². The number of rotatable bonds is 5. The highest BCUT2D eigenvalue weighted by molar-refractivity contribution is 7.22. The van der Waals surface area contributed by atoms with Crippen LogP contribution >= 0.6 is 34.5 Å². The Morgan fingerprint density at radius 2 is 2.22 bits per heavy atom. The second-order valence-electron chi connectivity index (χ2n) is 5.90. The van der Waals surface area contributed by atoms with Crippen molar-refractivity contribution in [2.45, 2.75) is 49.6 Å². The molecule has 1 unspecified atom stereocenters. The fourth-order valence-corrected chi connectivity index (χ4v) is 4.47. The first-order valence-corrected chi connectivity index (χ1v) is 9.33. The second-order valence-corrected chi connectivity index (χ2v) is 7.90. The van der Waals surface area contributed by atoms with Gasteiger partial charge >= 0.3 is 0 Å². The highest BCUT2D eigenvalue weighted by atomic mass is 35.5. The summed E-state index contributed by atoms with van der Waals surface area (Å²) in [5.41, 5.74) is 1.66. The van der Waals surface area contributed by atoms with Crippen LogP contribution in [0.4, 0.5) is 5.13 Å². The van der Waals surface area contributed by atoms with E-state index in [0.717, 1.165) is 52.9 Å². The minimum atomic E-state index is -0.550. The molecular formula is C16H18Cl2N2O2S. The van der Waals surface area contributed by atoms with Crippen molar-refractivity contribution in [2.75, 3.05) is 5.32 Å². The van der Waals surface area contributed by atoms with Crippen LogP contribution in [-0.2, 0) is 11.2 Å². The standard InChI is InChI=1S/C16H18Cl2N2O2S/c17-10(8-21)5-9-6-11(18)15-14(7-9)23-16(20-15)19-12-3-1-2-4-13(12)22/h6-8,10,12-13,22H,1-5H2,(H,19,20)/t10?,12-,13-/m1/s1. The quantitative estimate of drug-likeness (QED) is 0.614. The van der Waals surface area contributed by atoms with Crippen LogP contribution in [0.2, 0.25) is 5.02 Å². The third kappa shape index (κ3) is 3.97. The van der Waals surface area contributed by atoms with Crippen molar-refractivity contribution < 1.29 is 9.90 Å². The number of anilines is 1. The minimum Gasteiger partial charge on any atom is -0.391 e. The fourth-order valence-electron chi connectivity index (χ4n) is 2.93. The van der Waals surface area contributed by atoms with Gasteiger partial charge in [0.2, 0.25) is 0 Å². The topological polar surface area (TPSA) is 62.2 Å². The Morgan fingerprint density at radius 3 is 2.96 bits per heavy atom. The van der Waals surface area contributed by atoms with Crippen LogP contribution in [0.3, 0.4) is 0 Å². The van der Waals surface area contributed by atoms with Gasteiger partial charge in [0.05, 0.1) is 27.2 Å². The number of halogens is 2. The maximum Gasteiger partial charge on any atom is 0.184 e. The van der Waals surface area contributed by atoms with Gasteiger partial charge in [0.25, 0.3) is 0 Å². The molecule has 124 valence electrons. The monoisotopic (exact) mass is 372 g/mol. The highest BCUT2D eigenvalue weighted by Crippen LogP contribution is 2.34. The number of benzene rings is 1. The molecule has 0 spiro atoms. The van der Waals surface area contributed by atoms with Gasteiger partial charge < -0.3 is 15.2 Å². The van der Waals surface area contributed by atoms with Gasteiger partial charge in [-0.3, -0.25) is 0 Å². The van der Waals surface area contributed by atoms with E-state index < -0.39 is 5.38 Å². The Bertz CT molecular complexity index is 707. The van der Waals surface area contributed by atoms with Crippen LogP contribution < -0.4 is 5.32 Å². The van der Waals surface area contributed by atoms with Crippen molar-refractivity contribution in [2.24, 2.45) is 0 Å². The normalized spacial score (nSPS) is 22.9. The van der Waals surface area contributed by atoms with Crippen molar-refractivity contribution in [3.05, 3.63) is 22.7 Å². The van der Waals surface area contributed by atoms with Crippen molar-refractivity contribution in [3.8, 4) is 0 Å². The lowest BCUT2D eigenvalue weighted by molar-refractivity contribution is -0.107. The van der Waals surface area contributed by atoms with Crippen LogP contribution in [-0.4, -0.2) is 33.9 Å². The largest absolute Gasteiger partial charge is 0.391 e. The Hall–Kier alpha value is -0.880. The van der Waals surface area contributed by atoms with Gasteiger partial charge in [0.1, 0.15) is 11.8 Å². The number of aliphatic hydroxyl groups excluding tert-OH is 1. The molecule has 0 radical (unpaired) electrons. The number of thiazole rings is 1. The Kier molecular flexibility index (Phi) is 5.42. The number of carbonyl (C=O) groups excluding carboxylic acids is 1. The number of nitrogens with zero attached hydrogens (tertiary/aromatic N) is 1. The van der Waals surface area contributed by atoms with Crippen LogP contribution in [0.15, 0.2) is 12.1 Å². The molecule has 1 aromatic heterocycles. The van der Waals surface area contributed by atoms with Gasteiger partial charge in [-0.25, -0.2) is 4.98 Å². The Balaban J connectivity index is 1.83. The molecule has 1 heterocycles. The van der Waals surface area contributed by atoms with E-state index in [1.54, 1.807) is 0 Å². The molecule has 2 aromatic rings. The molecule has 1 saturated carbocycles. The van der Waals surface area contributed by atoms with Crippen LogP contribution in [0.25, 0.3) is 10.2 Å². The summed E-state index contributed by atoms with van der Waals surface area (Å²) in [4.78, 5) is 15.2. The van der Waals surface area contributed by atoms with Crippen molar-refractivity contribution in [1.29, 1.82) is 0 Å². The molecule has 1 aliphatic rings. The summed E-state index contributed by atoms with van der Waals surface area (Å²) < 4.78 is 0.954. The Morgan fingerprint density at radius 1 is 1.43 bits per heavy atom. The summed E-state index contributed by atoms with van der Waals surface area (Å²) in [5, 5.41) is 14.2. The van der Waals surface area contributed by atoms with Crippen LogP contribution in [0, 0.1) is 0 Å². The van der Waals surface area contributed by atoms with Crippen molar-refractivity contribution >= 4 is 56.2 Å². The van der Waals surface area contributed by atoms with Crippen LogP contribution in [0.1, 0.15) is 31.2 Å². The smallest absolute Gasteiger partial charge is 0.184 e. The molecule has 1 fully saturated rings. The number of nitrogens with one attached hydrogen (secondary N) is 1. The number of hydrogen-bond donors (Lipinski definition) is 2. The number of aliphatic hydroxyl groups is 1. The summed E-state index contributed by atoms with van der Waals surface area (Å²) in [7, 11) is 0. The predicted molar refractivity (Wildman–Crippen MR) is 95.9 cm³/mol. The number of hydrogen-bond acceptors (Lipinski definition) is 5. The first-order valence-electron chi connectivity index (χ1n) is 7.69. The number of alkyl halides is 1. The zero-order valence-corrected chi connectivity index (χ0v) is 14.8. The summed E-state index contributed by atoms with van der Waals surface area (Å²) >= 11 is 13.7. The van der Waals surface area contributed by atoms with E-state index in [2.05, 4.69) is 10.3 Å². The van der Waals surface area contributed by atoms with Gasteiger partial charge in [-0.05, 0) is 37.0 Å². The second kappa shape index (κ2) is 7.34. The molecule has 1 aliphatic carbocycles. The molecular weight excluding hydrogens is 355 g/mol. The third-order valence-electron chi connectivity index (χ3n) is 4.12. The number of aromatic nitrogens is 1. The minimum absolute atomic E-state index is 0.0462. The SMILES string of the molecule is O=CC(Cl)Cc1cc(Cl)c2nc(N[C@@H]3CCCC[C@H]3O)sc2c1. The van der Waals surface area contributed by atoms with E-state index in [9.17, 15) is 9.90 Å². The summed E-state index contributed by atoms with van der Waals surface area (Å²) in [6, 6.07) is 3.83. The van der Waals surface area contributed by atoms with Gasteiger partial charge in [-0.15, -0.1) is 11.6 Å². The Labute approximate surface area is 148 Å². The van der Waals surface area contributed by atoms with E-state index in [-0.39, 0.29) is 12.1 Å². The molecule has 0 aliphatic heterocycles. The summed E-state index contributed by atoms with van der Waals surface area (Å²) in [5.74, 6) is 0. The zero-order valence-electron chi connectivity index (χ0n) is 12.5. The van der Waals surface area contributed by atoms with Gasteiger partial charge in [-0.1, -0.05) is 35.8 Å². The average Bonchev–Trinajstić information content (AvgIpc) is 2.92. The number of aldehydes is 1. The average molecular weight is 373 g/mol. The molecule has 0 amide bonds. The van der Waals surface area contributed by atoms with E-state index in [1.165, 1.54) is 11.3 Å². The van der Waals surface area contributed by atoms with Crippen molar-refractivity contribution in [3.63, 3.8) is 0 Å². The van der Waals surface area contributed by atoms with Crippen molar-refractivity contribution in [1.82, 2.24) is 4.98 Å². The molecule has 3 rings (SSSR count). The maximum atomic E-state index is 10.7. The van der Waals surface area contributed by atoms with E-state index in [0.29, 0.717) is 11.4 Å². The first kappa shape index (κ1) is 17.0. The fraction of sp³-hybridized carbons (Fsp3) is 0.500. The van der Waals surface area contributed by atoms with Crippen LogP contribution in [0.5, 0.6) is 0 Å². The van der Waals surface area contributed by atoms with E-state index in [1.807, 2.05) is 12.1 Å². The molecule has 0 bridgehead atoms. The summed E-state index contributed by atoms with van der Waals surface area (Å²) in [6.45, 7) is 0. The molecule has 1 aromatic carbocycles. The molecule has 23 heavy (non-hydrogen) atoms. The molecule has 7 heteroatoms. The molecule has 0 saturated heterocycles. The zero-order chi connectivity index (χ0) is 16.4. The molecule has 3 atom stereocenters. The third-order valence-corrected chi connectivity index (χ3v) is 5.60. The lowest BCUT2D eigenvalue weighted by atomic mass is 9.93. The number of fused-ring (bicyclic) bond motifs is 1. The highest BCUT2D eigenvalue weighted by Gasteiger charge is 2.24. The molecule has 4 nitrogen and oxygen atoms in total. The predicted octanol–water partition coefficient (Wildman–Crippen LogP) is 4.01. The van der Waals surface area contributed by atoms with Gasteiger partial charge in [-0.2, -0.15) is 0 Å². The van der Waals surface area contributed by atoms with Gasteiger partial charge in [0.15, 0.2) is 5.13 Å². The number of carbonyl (C=O) groups is 1. The first-order chi connectivity index (χ1) is 11.1. The lowest BCUT2D eigenvalue weighted by Gasteiger charge is -2.27. The van der Waals surface area contributed by atoms with E-state index >= 15 is 0 Å². The van der Waals surface area contributed by atoms with Gasteiger partial charge in [0, 0.05) is 0 Å². The summed E-state index contributed by atoms with van der Waals surface area (Å²) in [6.07, 6.45) is 4.82. The molecule has 2 N–H and O–H groups in total. The lowest BCUT2D eigenvalue weighted by Crippen LogP contribution is -2.36.